The van der Waals surface area contributed by atoms with Gasteiger partial charge in [-0.05, 0) is 26.7 Å². The summed E-state index contributed by atoms with van der Waals surface area (Å²) in [4.78, 5) is 14.4. The van der Waals surface area contributed by atoms with E-state index in [1.165, 1.54) is 0 Å². The predicted molar refractivity (Wildman–Crippen MR) is 69.2 cm³/mol. The Balaban J connectivity index is 3.00. The number of carbonyl (C=O) groups excluding carboxylic acids is 1. The van der Waals surface area contributed by atoms with Crippen LogP contribution in [0.1, 0.15) is 48.4 Å². The minimum atomic E-state index is 0.122. The number of amides is 1. The number of rotatable bonds is 5. The van der Waals surface area contributed by atoms with E-state index in [0.29, 0.717) is 0 Å². The highest BCUT2D eigenvalue weighted by molar-refractivity contribution is 5.96. The van der Waals surface area contributed by atoms with E-state index in [1.54, 1.807) is 4.68 Å². The molecule has 0 aliphatic carbocycles. The van der Waals surface area contributed by atoms with Gasteiger partial charge in [0.15, 0.2) is 0 Å². The molecular weight excluding hydrogens is 214 g/mol. The summed E-state index contributed by atoms with van der Waals surface area (Å²) in [5.41, 5.74) is 2.55. The molecule has 0 fully saturated rings. The maximum absolute atomic E-state index is 12.5. The molecule has 0 aromatic carbocycles. The second-order valence-corrected chi connectivity index (χ2v) is 4.46. The molecule has 0 unspecified atom stereocenters. The molecule has 96 valence electrons. The summed E-state index contributed by atoms with van der Waals surface area (Å²) in [6, 6.07) is 0. The fourth-order valence-corrected chi connectivity index (χ4v) is 2.10. The molecule has 1 aromatic heterocycles. The number of aromatic nitrogens is 2. The third-order valence-corrected chi connectivity index (χ3v) is 3.00. The van der Waals surface area contributed by atoms with Gasteiger partial charge in [-0.2, -0.15) is 5.10 Å². The zero-order chi connectivity index (χ0) is 13.0. The van der Waals surface area contributed by atoms with Crippen molar-refractivity contribution in [3.63, 3.8) is 0 Å². The van der Waals surface area contributed by atoms with E-state index < -0.39 is 0 Å². The molecule has 0 spiro atoms. The molecule has 0 aliphatic heterocycles. The Morgan fingerprint density at radius 3 is 2.12 bits per heavy atom. The highest BCUT2D eigenvalue weighted by Crippen LogP contribution is 2.15. The van der Waals surface area contributed by atoms with Crippen LogP contribution in [-0.2, 0) is 7.05 Å². The van der Waals surface area contributed by atoms with E-state index in [2.05, 4.69) is 18.9 Å². The minimum absolute atomic E-state index is 0.122. The first-order chi connectivity index (χ1) is 8.02. The summed E-state index contributed by atoms with van der Waals surface area (Å²) in [6.07, 6.45) is 1.98. The van der Waals surface area contributed by atoms with Crippen molar-refractivity contribution in [3.8, 4) is 0 Å². The first-order valence-electron chi connectivity index (χ1n) is 6.32. The van der Waals surface area contributed by atoms with Crippen LogP contribution in [0.2, 0.25) is 0 Å². The number of hydrogen-bond acceptors (Lipinski definition) is 2. The Hall–Kier alpha value is -1.32. The highest BCUT2D eigenvalue weighted by Gasteiger charge is 2.21. The predicted octanol–water partition coefficient (Wildman–Crippen LogP) is 2.30. The van der Waals surface area contributed by atoms with E-state index in [4.69, 9.17) is 0 Å². The molecular formula is C13H23N3O. The molecule has 0 atom stereocenters. The SMILES string of the molecule is CCCN(CCC)C(=O)c1c(C)nn(C)c1C. The molecule has 0 saturated heterocycles. The maximum atomic E-state index is 12.5. The second kappa shape index (κ2) is 5.84. The Bertz CT molecular complexity index is 390. The number of aryl methyl sites for hydroxylation is 2. The molecule has 0 N–H and O–H groups in total. The highest BCUT2D eigenvalue weighted by atomic mass is 16.2. The molecule has 1 rings (SSSR count). The zero-order valence-electron chi connectivity index (χ0n) is 11.6. The average Bonchev–Trinajstić information content (AvgIpc) is 2.52. The van der Waals surface area contributed by atoms with E-state index >= 15 is 0 Å². The van der Waals surface area contributed by atoms with Crippen LogP contribution >= 0.6 is 0 Å². The molecule has 4 heteroatoms. The molecule has 1 heterocycles. The van der Waals surface area contributed by atoms with Gasteiger partial charge in [0, 0.05) is 25.8 Å². The summed E-state index contributed by atoms with van der Waals surface area (Å²) in [5, 5.41) is 4.30. The van der Waals surface area contributed by atoms with Crippen LogP contribution < -0.4 is 0 Å². The van der Waals surface area contributed by atoms with E-state index in [0.717, 1.165) is 42.9 Å². The summed E-state index contributed by atoms with van der Waals surface area (Å²) >= 11 is 0. The van der Waals surface area contributed by atoms with Crippen molar-refractivity contribution >= 4 is 5.91 Å². The molecule has 1 amide bonds. The van der Waals surface area contributed by atoms with Crippen LogP contribution in [-0.4, -0.2) is 33.7 Å². The summed E-state index contributed by atoms with van der Waals surface area (Å²) in [5.74, 6) is 0.122. The van der Waals surface area contributed by atoms with Crippen LogP contribution in [0.3, 0.4) is 0 Å². The topological polar surface area (TPSA) is 38.1 Å². The number of hydrogen-bond donors (Lipinski definition) is 0. The van der Waals surface area contributed by atoms with Gasteiger partial charge in [0.25, 0.3) is 5.91 Å². The molecule has 4 nitrogen and oxygen atoms in total. The minimum Gasteiger partial charge on any atom is -0.339 e. The Morgan fingerprint density at radius 2 is 1.76 bits per heavy atom. The number of nitrogens with zero attached hydrogens (tertiary/aromatic N) is 3. The molecule has 0 saturated carbocycles. The first-order valence-corrected chi connectivity index (χ1v) is 6.32. The fraction of sp³-hybridized carbons (Fsp3) is 0.692. The monoisotopic (exact) mass is 237 g/mol. The lowest BCUT2D eigenvalue weighted by molar-refractivity contribution is 0.0754. The summed E-state index contributed by atoms with van der Waals surface area (Å²) < 4.78 is 1.78. The maximum Gasteiger partial charge on any atom is 0.257 e. The van der Waals surface area contributed by atoms with Gasteiger partial charge in [0.05, 0.1) is 11.3 Å². The molecule has 17 heavy (non-hydrogen) atoms. The van der Waals surface area contributed by atoms with Crippen LogP contribution in [0, 0.1) is 13.8 Å². The fourth-order valence-electron chi connectivity index (χ4n) is 2.10. The van der Waals surface area contributed by atoms with Gasteiger partial charge in [-0.25, -0.2) is 0 Å². The average molecular weight is 237 g/mol. The molecule has 0 aliphatic rings. The van der Waals surface area contributed by atoms with E-state index in [-0.39, 0.29) is 5.91 Å². The third kappa shape index (κ3) is 2.87. The molecule has 0 radical (unpaired) electrons. The first kappa shape index (κ1) is 13.7. The van der Waals surface area contributed by atoms with E-state index in [9.17, 15) is 4.79 Å². The Kier molecular flexibility index (Phi) is 4.73. The van der Waals surface area contributed by atoms with Gasteiger partial charge in [-0.3, -0.25) is 9.48 Å². The van der Waals surface area contributed by atoms with Crippen LogP contribution in [0.15, 0.2) is 0 Å². The van der Waals surface area contributed by atoms with Crippen molar-refractivity contribution < 1.29 is 4.79 Å². The van der Waals surface area contributed by atoms with Gasteiger partial charge in [0.2, 0.25) is 0 Å². The van der Waals surface area contributed by atoms with Crippen molar-refractivity contribution in [1.82, 2.24) is 14.7 Å². The standard InChI is InChI=1S/C13H23N3O/c1-6-8-16(9-7-2)13(17)12-10(3)14-15(5)11(12)4/h6-9H2,1-5H3. The smallest absolute Gasteiger partial charge is 0.257 e. The third-order valence-electron chi connectivity index (χ3n) is 3.00. The lowest BCUT2D eigenvalue weighted by atomic mass is 10.1. The van der Waals surface area contributed by atoms with Crippen LogP contribution in [0.4, 0.5) is 0 Å². The normalized spacial score (nSPS) is 10.6. The van der Waals surface area contributed by atoms with Crippen molar-refractivity contribution in [2.75, 3.05) is 13.1 Å². The Morgan fingerprint density at radius 1 is 1.24 bits per heavy atom. The van der Waals surface area contributed by atoms with Crippen molar-refractivity contribution in [2.45, 2.75) is 40.5 Å². The number of carbonyl (C=O) groups is 1. The van der Waals surface area contributed by atoms with Crippen LogP contribution in [0.25, 0.3) is 0 Å². The quantitative estimate of drug-likeness (QED) is 0.788. The zero-order valence-corrected chi connectivity index (χ0v) is 11.6. The van der Waals surface area contributed by atoms with Gasteiger partial charge in [-0.15, -0.1) is 0 Å². The van der Waals surface area contributed by atoms with Gasteiger partial charge in [-0.1, -0.05) is 13.8 Å². The van der Waals surface area contributed by atoms with Gasteiger partial charge >= 0.3 is 0 Å². The van der Waals surface area contributed by atoms with Gasteiger partial charge < -0.3 is 4.90 Å². The summed E-state index contributed by atoms with van der Waals surface area (Å²) in [6.45, 7) is 9.68. The van der Waals surface area contributed by atoms with Crippen molar-refractivity contribution in [1.29, 1.82) is 0 Å². The second-order valence-electron chi connectivity index (χ2n) is 4.46. The summed E-state index contributed by atoms with van der Waals surface area (Å²) in [7, 11) is 1.88. The van der Waals surface area contributed by atoms with E-state index in [1.807, 2.05) is 25.8 Å². The van der Waals surface area contributed by atoms with Crippen LogP contribution in [0.5, 0.6) is 0 Å². The molecule has 1 aromatic rings. The van der Waals surface area contributed by atoms with Crippen molar-refractivity contribution in [3.05, 3.63) is 17.0 Å². The lowest BCUT2D eigenvalue weighted by Crippen LogP contribution is -2.33. The van der Waals surface area contributed by atoms with Crippen molar-refractivity contribution in [2.24, 2.45) is 7.05 Å². The lowest BCUT2D eigenvalue weighted by Gasteiger charge is -2.21. The van der Waals surface area contributed by atoms with Gasteiger partial charge in [0.1, 0.15) is 0 Å². The molecule has 0 bridgehead atoms. The largest absolute Gasteiger partial charge is 0.339 e. The Labute approximate surface area is 104 Å².